The molecule has 0 bridgehead atoms. The van der Waals surface area contributed by atoms with Gasteiger partial charge in [-0.1, -0.05) is 0 Å². The number of nitrogens with zero attached hydrogens (tertiary/aromatic N) is 5. The number of methoxy groups -OCH3 is 1. The van der Waals surface area contributed by atoms with Crippen LogP contribution in [0.25, 0.3) is 22.2 Å². The summed E-state index contributed by atoms with van der Waals surface area (Å²) in [7, 11) is -2.37. The monoisotopic (exact) mass is 787 g/mol. The Kier molecular flexibility index (Phi) is 11.4. The summed E-state index contributed by atoms with van der Waals surface area (Å²) >= 11 is 0. The van der Waals surface area contributed by atoms with E-state index in [-0.39, 0.29) is 52.7 Å². The molecular formula is C36H40F3N7O8S. The normalized spacial score (nSPS) is 18.3. The first-order chi connectivity index (χ1) is 26.5. The average molecular weight is 788 g/mol. The molecule has 19 heteroatoms. The van der Waals surface area contributed by atoms with E-state index < -0.39 is 45.8 Å². The Morgan fingerprint density at radius 1 is 0.927 bits per heavy atom. The summed E-state index contributed by atoms with van der Waals surface area (Å²) in [5, 5.41) is 0.284. The number of sulfonamides is 1. The number of morpholine rings is 1. The molecule has 55 heavy (non-hydrogen) atoms. The number of anilines is 3. The van der Waals surface area contributed by atoms with Crippen molar-refractivity contribution in [1.29, 1.82) is 0 Å². The van der Waals surface area contributed by atoms with Crippen LogP contribution >= 0.6 is 0 Å². The number of halogens is 3. The Morgan fingerprint density at radius 3 is 2.35 bits per heavy atom. The van der Waals surface area contributed by atoms with Gasteiger partial charge in [-0.05, 0) is 37.1 Å². The summed E-state index contributed by atoms with van der Waals surface area (Å²) in [6.07, 6.45) is 4.35. The fourth-order valence-electron chi connectivity index (χ4n) is 6.75. The first-order valence-corrected chi connectivity index (χ1v) is 19.7. The van der Waals surface area contributed by atoms with Crippen molar-refractivity contribution in [2.45, 2.75) is 44.5 Å². The SMILES string of the molecule is COc1ncc(-c2nc(N3CCOCC3)nc3c(OC4CCN(c5c(F)cc(C(=O)NOC6CCCCO6)cc5F)CC4)cc(F)cc23)cc1NS(C)(=O)=O. The molecule has 15 nitrogen and oxygen atoms in total. The van der Waals surface area contributed by atoms with Crippen LogP contribution in [-0.4, -0.2) is 101 Å². The molecule has 0 saturated carbocycles. The number of hydrogen-bond donors (Lipinski definition) is 2. The lowest BCUT2D eigenvalue weighted by atomic mass is 10.0. The standard InChI is InChI=1S/C36H40F3N7O8S/c1-50-35-28(44-55(2,48)49)17-22(20-40-35)31-25-18-23(37)19-29(32(25)42-36(41-31)46-10-13-51-14-11-46)53-24-6-8-45(9-7-24)33-26(38)15-21(16-27(33)39)34(47)43-54-30-5-3-4-12-52-30/h15-20,24,30,44H,3-14H2,1-2H3,(H,43,47). The van der Waals surface area contributed by atoms with Crippen molar-refractivity contribution >= 4 is 44.2 Å². The van der Waals surface area contributed by atoms with E-state index in [1.54, 1.807) is 0 Å². The minimum atomic E-state index is -3.72. The molecule has 5 heterocycles. The molecule has 3 aliphatic rings. The van der Waals surface area contributed by atoms with Crippen LogP contribution in [0.2, 0.25) is 0 Å². The fourth-order valence-corrected chi connectivity index (χ4v) is 7.29. The molecule has 1 unspecified atom stereocenters. The number of nitrogens with one attached hydrogen (secondary N) is 2. The lowest BCUT2D eigenvalue weighted by molar-refractivity contribution is -0.186. The second-order valence-electron chi connectivity index (χ2n) is 13.4. The highest BCUT2D eigenvalue weighted by molar-refractivity contribution is 7.92. The van der Waals surface area contributed by atoms with Crippen LogP contribution in [0.15, 0.2) is 36.5 Å². The first kappa shape index (κ1) is 38.3. The molecular weight excluding hydrogens is 747 g/mol. The van der Waals surface area contributed by atoms with Crippen LogP contribution in [0.4, 0.5) is 30.5 Å². The number of piperidine rings is 1. The van der Waals surface area contributed by atoms with Gasteiger partial charge < -0.3 is 28.7 Å². The number of rotatable bonds is 11. The number of fused-ring (bicyclic) bond motifs is 1. The van der Waals surface area contributed by atoms with Gasteiger partial charge in [0.05, 0.1) is 32.3 Å². The Balaban J connectivity index is 1.13. The van der Waals surface area contributed by atoms with Crippen molar-refractivity contribution in [3.05, 3.63) is 59.5 Å². The highest BCUT2D eigenvalue weighted by Crippen LogP contribution is 2.38. The van der Waals surface area contributed by atoms with Crippen molar-refractivity contribution in [2.75, 3.05) is 73.9 Å². The molecule has 3 saturated heterocycles. The third-order valence-electron chi connectivity index (χ3n) is 9.38. The molecule has 3 fully saturated rings. The Hall–Kier alpha value is -4.98. The second-order valence-corrected chi connectivity index (χ2v) is 15.1. The van der Waals surface area contributed by atoms with Crippen LogP contribution in [0, 0.1) is 17.5 Å². The molecule has 2 aromatic heterocycles. The number of amides is 1. The van der Waals surface area contributed by atoms with E-state index >= 15 is 13.2 Å². The first-order valence-electron chi connectivity index (χ1n) is 17.8. The largest absolute Gasteiger partial charge is 0.488 e. The van der Waals surface area contributed by atoms with Gasteiger partial charge in [0.1, 0.15) is 46.2 Å². The third-order valence-corrected chi connectivity index (χ3v) is 9.97. The van der Waals surface area contributed by atoms with Crippen LogP contribution < -0.4 is 29.5 Å². The van der Waals surface area contributed by atoms with E-state index in [0.717, 1.165) is 31.2 Å². The fraction of sp³-hybridized carbons (Fsp3) is 0.444. The van der Waals surface area contributed by atoms with Gasteiger partial charge in [0.25, 0.3) is 5.91 Å². The number of aromatic nitrogens is 3. The molecule has 7 rings (SSSR count). The Bertz CT molecular complexity index is 2140. The molecule has 2 aromatic carbocycles. The van der Waals surface area contributed by atoms with Gasteiger partial charge in [0, 0.05) is 80.8 Å². The minimum Gasteiger partial charge on any atom is -0.488 e. The summed E-state index contributed by atoms with van der Waals surface area (Å²) in [6, 6.07) is 5.91. The van der Waals surface area contributed by atoms with E-state index in [4.69, 9.17) is 33.8 Å². The van der Waals surface area contributed by atoms with Crippen LogP contribution in [0.1, 0.15) is 42.5 Å². The summed E-state index contributed by atoms with van der Waals surface area (Å²) in [5.74, 6) is -2.76. The highest BCUT2D eigenvalue weighted by atomic mass is 32.2. The molecule has 4 aromatic rings. The summed E-state index contributed by atoms with van der Waals surface area (Å²) < 4.78 is 95.4. The van der Waals surface area contributed by atoms with Gasteiger partial charge in [-0.3, -0.25) is 9.52 Å². The van der Waals surface area contributed by atoms with Crippen molar-refractivity contribution < 1.29 is 50.2 Å². The van der Waals surface area contributed by atoms with Crippen molar-refractivity contribution in [1.82, 2.24) is 20.4 Å². The molecule has 294 valence electrons. The Labute approximate surface area is 315 Å². The molecule has 1 atom stereocenters. The zero-order chi connectivity index (χ0) is 38.7. The van der Waals surface area contributed by atoms with Crippen LogP contribution in [0.5, 0.6) is 11.6 Å². The van der Waals surface area contributed by atoms with Gasteiger partial charge in [0.2, 0.25) is 21.9 Å². The van der Waals surface area contributed by atoms with E-state index in [2.05, 4.69) is 15.2 Å². The lowest BCUT2D eigenvalue weighted by Gasteiger charge is -2.34. The van der Waals surface area contributed by atoms with Crippen molar-refractivity contribution in [3.63, 3.8) is 0 Å². The zero-order valence-electron chi connectivity index (χ0n) is 30.1. The lowest BCUT2D eigenvalue weighted by Crippen LogP contribution is -2.39. The van der Waals surface area contributed by atoms with Gasteiger partial charge in [-0.2, -0.15) is 0 Å². The van der Waals surface area contributed by atoms with Gasteiger partial charge >= 0.3 is 0 Å². The number of pyridine rings is 1. The number of hydrogen-bond acceptors (Lipinski definition) is 13. The number of ether oxygens (including phenoxy) is 4. The number of hydroxylamine groups is 1. The molecule has 1 amide bonds. The van der Waals surface area contributed by atoms with Gasteiger partial charge in [-0.15, -0.1) is 0 Å². The molecule has 0 spiro atoms. The highest BCUT2D eigenvalue weighted by Gasteiger charge is 2.29. The maximum absolute atomic E-state index is 15.4. The number of carbonyl (C=O) groups is 1. The van der Waals surface area contributed by atoms with E-state index in [1.165, 1.54) is 36.4 Å². The Morgan fingerprint density at radius 2 is 1.67 bits per heavy atom. The van der Waals surface area contributed by atoms with Crippen LogP contribution in [0.3, 0.4) is 0 Å². The molecule has 3 aliphatic heterocycles. The van der Waals surface area contributed by atoms with Crippen molar-refractivity contribution in [2.24, 2.45) is 0 Å². The van der Waals surface area contributed by atoms with Crippen molar-refractivity contribution in [3.8, 4) is 22.9 Å². The van der Waals surface area contributed by atoms with Gasteiger partial charge in [-0.25, -0.2) is 46.9 Å². The van der Waals surface area contributed by atoms with E-state index in [9.17, 15) is 13.2 Å². The zero-order valence-corrected chi connectivity index (χ0v) is 31.0. The number of benzene rings is 2. The molecule has 2 N–H and O–H groups in total. The predicted molar refractivity (Wildman–Crippen MR) is 195 cm³/mol. The molecule has 0 aliphatic carbocycles. The number of carbonyl (C=O) groups excluding carboxylic acids is 1. The third kappa shape index (κ3) is 8.95. The maximum Gasteiger partial charge on any atom is 0.275 e. The summed E-state index contributed by atoms with van der Waals surface area (Å²) in [5.41, 5.74) is 2.70. The smallest absolute Gasteiger partial charge is 0.275 e. The average Bonchev–Trinajstić information content (AvgIpc) is 3.17. The topological polar surface area (TPSA) is 167 Å². The quantitative estimate of drug-likeness (QED) is 0.204. The maximum atomic E-state index is 15.4. The van der Waals surface area contributed by atoms with E-state index in [0.29, 0.717) is 69.2 Å². The van der Waals surface area contributed by atoms with Crippen LogP contribution in [-0.2, 0) is 24.3 Å². The predicted octanol–water partition coefficient (Wildman–Crippen LogP) is 4.56. The second kappa shape index (κ2) is 16.4. The molecule has 0 radical (unpaired) electrons. The summed E-state index contributed by atoms with van der Waals surface area (Å²) in [4.78, 5) is 35.2. The van der Waals surface area contributed by atoms with Gasteiger partial charge in [0.15, 0.2) is 6.29 Å². The van der Waals surface area contributed by atoms with E-state index in [1.807, 2.05) is 4.90 Å². The minimum absolute atomic E-state index is 0.0266. The summed E-state index contributed by atoms with van der Waals surface area (Å²) in [6.45, 7) is 2.77.